The first-order chi connectivity index (χ1) is 10.3. The second-order valence-corrected chi connectivity index (χ2v) is 6.76. The van der Waals surface area contributed by atoms with Crippen molar-refractivity contribution in [3.05, 3.63) is 29.6 Å². The molecule has 2 rings (SSSR count). The van der Waals surface area contributed by atoms with Gasteiger partial charge in [-0.15, -0.1) is 0 Å². The molecule has 0 radical (unpaired) electrons. The highest BCUT2D eigenvalue weighted by molar-refractivity contribution is 5.14. The van der Waals surface area contributed by atoms with Gasteiger partial charge >= 0.3 is 0 Å². The van der Waals surface area contributed by atoms with Gasteiger partial charge in [0.15, 0.2) is 0 Å². The summed E-state index contributed by atoms with van der Waals surface area (Å²) in [7, 11) is 2.09. The zero-order valence-electron chi connectivity index (χ0n) is 14.1. The molecule has 21 heavy (non-hydrogen) atoms. The second-order valence-electron chi connectivity index (χ2n) is 6.76. The Hall–Kier alpha value is -0.890. The Balaban J connectivity index is 2.00. The standard InChI is InChI=1S/C19H32N2/c1-4-6-16-7-9-17(14-20-3)18(11-16)12-19-10-8-15(5-2)13-21-19/h8,10,13,16-18,20H,4-7,9,11-12,14H2,1-3H3. The van der Waals surface area contributed by atoms with E-state index in [1.807, 2.05) is 0 Å². The molecule has 1 aromatic heterocycles. The van der Waals surface area contributed by atoms with E-state index in [4.69, 9.17) is 0 Å². The van der Waals surface area contributed by atoms with Crippen LogP contribution in [0.25, 0.3) is 0 Å². The van der Waals surface area contributed by atoms with Crippen LogP contribution < -0.4 is 5.32 Å². The normalized spacial score (nSPS) is 26.0. The van der Waals surface area contributed by atoms with Crippen molar-refractivity contribution in [2.24, 2.45) is 17.8 Å². The van der Waals surface area contributed by atoms with E-state index in [1.54, 1.807) is 0 Å². The minimum atomic E-state index is 0.808. The van der Waals surface area contributed by atoms with E-state index in [0.717, 1.165) is 37.1 Å². The summed E-state index contributed by atoms with van der Waals surface area (Å²) in [5.41, 5.74) is 2.63. The van der Waals surface area contributed by atoms with Gasteiger partial charge in [0.2, 0.25) is 0 Å². The summed E-state index contributed by atoms with van der Waals surface area (Å²) < 4.78 is 0. The maximum absolute atomic E-state index is 4.69. The van der Waals surface area contributed by atoms with Crippen LogP contribution in [0, 0.1) is 17.8 Å². The second kappa shape index (κ2) is 8.53. The van der Waals surface area contributed by atoms with Crippen LogP contribution in [0.15, 0.2) is 18.3 Å². The number of hydrogen-bond donors (Lipinski definition) is 1. The van der Waals surface area contributed by atoms with Crippen LogP contribution in [0.2, 0.25) is 0 Å². The zero-order chi connectivity index (χ0) is 15.1. The Bertz CT molecular complexity index is 399. The van der Waals surface area contributed by atoms with Gasteiger partial charge < -0.3 is 5.32 Å². The van der Waals surface area contributed by atoms with Gasteiger partial charge in [-0.05, 0) is 68.7 Å². The molecule has 0 bridgehead atoms. The number of pyridine rings is 1. The van der Waals surface area contributed by atoms with Crippen molar-refractivity contribution in [3.63, 3.8) is 0 Å². The number of hydrogen-bond acceptors (Lipinski definition) is 2. The maximum Gasteiger partial charge on any atom is 0.0406 e. The minimum Gasteiger partial charge on any atom is -0.319 e. The third-order valence-corrected chi connectivity index (χ3v) is 5.18. The van der Waals surface area contributed by atoms with Crippen molar-refractivity contribution in [1.29, 1.82) is 0 Å². The third kappa shape index (κ3) is 4.81. The molecule has 3 unspecified atom stereocenters. The molecule has 2 nitrogen and oxygen atoms in total. The number of aromatic nitrogens is 1. The summed E-state index contributed by atoms with van der Waals surface area (Å²) in [6.07, 6.45) is 11.3. The number of aryl methyl sites for hydroxylation is 1. The van der Waals surface area contributed by atoms with Crippen LogP contribution in [0.1, 0.15) is 57.2 Å². The Morgan fingerprint density at radius 1 is 1.19 bits per heavy atom. The maximum atomic E-state index is 4.69. The molecule has 2 heteroatoms. The van der Waals surface area contributed by atoms with Crippen molar-refractivity contribution in [2.45, 2.75) is 58.8 Å². The van der Waals surface area contributed by atoms with Crippen LogP contribution in [-0.2, 0) is 12.8 Å². The van der Waals surface area contributed by atoms with Gasteiger partial charge in [-0.1, -0.05) is 39.2 Å². The molecule has 1 aromatic rings. The lowest BCUT2D eigenvalue weighted by Gasteiger charge is -2.36. The molecule has 1 aliphatic carbocycles. The van der Waals surface area contributed by atoms with Crippen LogP contribution in [0.4, 0.5) is 0 Å². The quantitative estimate of drug-likeness (QED) is 0.812. The Kier molecular flexibility index (Phi) is 6.69. The van der Waals surface area contributed by atoms with E-state index < -0.39 is 0 Å². The first-order valence-corrected chi connectivity index (χ1v) is 8.85. The van der Waals surface area contributed by atoms with Gasteiger partial charge in [0, 0.05) is 11.9 Å². The molecule has 0 aromatic carbocycles. The fraction of sp³-hybridized carbons (Fsp3) is 0.737. The van der Waals surface area contributed by atoms with Gasteiger partial charge in [0.05, 0.1) is 0 Å². The highest BCUT2D eigenvalue weighted by Crippen LogP contribution is 2.37. The topological polar surface area (TPSA) is 24.9 Å². The van der Waals surface area contributed by atoms with Gasteiger partial charge in [0.1, 0.15) is 0 Å². The average Bonchev–Trinajstić information content (AvgIpc) is 2.51. The van der Waals surface area contributed by atoms with Crippen LogP contribution >= 0.6 is 0 Å². The first kappa shape index (κ1) is 16.5. The van der Waals surface area contributed by atoms with Gasteiger partial charge in [0.25, 0.3) is 0 Å². The molecule has 0 saturated heterocycles. The third-order valence-electron chi connectivity index (χ3n) is 5.18. The summed E-state index contributed by atoms with van der Waals surface area (Å²) in [6.45, 7) is 5.67. The molecule has 118 valence electrons. The van der Waals surface area contributed by atoms with Crippen LogP contribution in [0.3, 0.4) is 0 Å². The van der Waals surface area contributed by atoms with Gasteiger partial charge in [-0.3, -0.25) is 4.98 Å². The molecule has 3 atom stereocenters. The number of rotatable bonds is 7. The lowest BCUT2D eigenvalue weighted by atomic mass is 9.71. The van der Waals surface area contributed by atoms with Crippen molar-refractivity contribution < 1.29 is 0 Å². The van der Waals surface area contributed by atoms with E-state index in [1.165, 1.54) is 43.4 Å². The van der Waals surface area contributed by atoms with E-state index >= 15 is 0 Å². The fourth-order valence-corrected chi connectivity index (χ4v) is 3.93. The van der Waals surface area contributed by atoms with Crippen LogP contribution in [-0.4, -0.2) is 18.6 Å². The Morgan fingerprint density at radius 2 is 2.05 bits per heavy atom. The van der Waals surface area contributed by atoms with E-state index in [-0.39, 0.29) is 0 Å². The molecular formula is C19H32N2. The zero-order valence-corrected chi connectivity index (χ0v) is 14.1. The molecule has 1 N–H and O–H groups in total. The molecule has 0 aliphatic heterocycles. The van der Waals surface area contributed by atoms with Crippen LogP contribution in [0.5, 0.6) is 0 Å². The van der Waals surface area contributed by atoms with Gasteiger partial charge in [-0.25, -0.2) is 0 Å². The molecule has 0 spiro atoms. The highest BCUT2D eigenvalue weighted by Gasteiger charge is 2.29. The molecular weight excluding hydrogens is 256 g/mol. The van der Waals surface area contributed by atoms with Gasteiger partial charge in [-0.2, -0.15) is 0 Å². The Labute approximate surface area is 130 Å². The van der Waals surface area contributed by atoms with Crippen molar-refractivity contribution in [1.82, 2.24) is 10.3 Å². The van der Waals surface area contributed by atoms with E-state index in [0.29, 0.717) is 0 Å². The number of nitrogens with one attached hydrogen (secondary N) is 1. The lowest BCUT2D eigenvalue weighted by Crippen LogP contribution is -2.33. The Morgan fingerprint density at radius 3 is 2.67 bits per heavy atom. The average molecular weight is 288 g/mol. The summed E-state index contributed by atoms with van der Waals surface area (Å²) >= 11 is 0. The predicted molar refractivity (Wildman–Crippen MR) is 90.5 cm³/mol. The molecule has 1 aliphatic rings. The molecule has 1 saturated carbocycles. The van der Waals surface area contributed by atoms with Crippen molar-refractivity contribution >= 4 is 0 Å². The predicted octanol–water partition coefficient (Wildman–Crippen LogP) is 4.24. The first-order valence-electron chi connectivity index (χ1n) is 8.85. The van der Waals surface area contributed by atoms with Crippen molar-refractivity contribution in [2.75, 3.05) is 13.6 Å². The summed E-state index contributed by atoms with van der Waals surface area (Å²) in [4.78, 5) is 4.69. The van der Waals surface area contributed by atoms with E-state index in [2.05, 4.69) is 49.5 Å². The number of nitrogens with zero attached hydrogens (tertiary/aromatic N) is 1. The SMILES string of the molecule is CCCC1CCC(CNC)C(Cc2ccc(CC)cn2)C1. The van der Waals surface area contributed by atoms with Crippen molar-refractivity contribution in [3.8, 4) is 0 Å². The summed E-state index contributed by atoms with van der Waals surface area (Å²) in [5, 5.41) is 3.40. The molecule has 1 heterocycles. The molecule has 0 amide bonds. The summed E-state index contributed by atoms with van der Waals surface area (Å²) in [6, 6.07) is 4.50. The lowest BCUT2D eigenvalue weighted by molar-refractivity contribution is 0.168. The smallest absolute Gasteiger partial charge is 0.0406 e. The fourth-order valence-electron chi connectivity index (χ4n) is 3.93. The largest absolute Gasteiger partial charge is 0.319 e. The summed E-state index contributed by atoms with van der Waals surface area (Å²) in [5.74, 6) is 2.58. The highest BCUT2D eigenvalue weighted by atomic mass is 14.8. The van der Waals surface area contributed by atoms with E-state index in [9.17, 15) is 0 Å². The molecule has 1 fully saturated rings. The minimum absolute atomic E-state index is 0.808. The monoisotopic (exact) mass is 288 g/mol.